The van der Waals surface area contributed by atoms with Crippen molar-refractivity contribution in [1.29, 1.82) is 0 Å². The molecule has 0 aliphatic carbocycles. The van der Waals surface area contributed by atoms with Gasteiger partial charge in [-0.15, -0.1) is 6.58 Å². The number of carbonyl (C=O) groups is 2. The lowest BCUT2D eigenvalue weighted by molar-refractivity contribution is -0.153. The standard InChI is InChI=1S/C21H23NO4/c1-3-8-16-21-12-11-15(26-21)17(20(24)25-4-2)18(21)19(23)22(16)13-14-9-6-5-7-10-14/h3,5-7,9-12,15-18H,1,4,8,13H2,2H3. The van der Waals surface area contributed by atoms with Crippen molar-refractivity contribution in [2.24, 2.45) is 11.8 Å². The van der Waals surface area contributed by atoms with E-state index in [1.165, 1.54) is 0 Å². The summed E-state index contributed by atoms with van der Waals surface area (Å²) in [5.74, 6) is -1.47. The fraction of sp³-hybridized carbons (Fsp3) is 0.429. The lowest BCUT2D eigenvalue weighted by atomic mass is 9.74. The molecule has 26 heavy (non-hydrogen) atoms. The molecule has 3 aliphatic rings. The molecule has 0 radical (unpaired) electrons. The average Bonchev–Trinajstić information content (AvgIpc) is 3.27. The quantitative estimate of drug-likeness (QED) is 0.582. The molecule has 2 bridgehead atoms. The van der Waals surface area contributed by atoms with Gasteiger partial charge in [-0.05, 0) is 18.9 Å². The molecule has 3 heterocycles. The number of likely N-dealkylation sites (tertiary alicyclic amines) is 1. The molecule has 5 atom stereocenters. The molecule has 1 spiro atoms. The minimum Gasteiger partial charge on any atom is -0.466 e. The summed E-state index contributed by atoms with van der Waals surface area (Å²) < 4.78 is 11.5. The summed E-state index contributed by atoms with van der Waals surface area (Å²) in [5, 5.41) is 0. The number of nitrogens with zero attached hydrogens (tertiary/aromatic N) is 1. The highest BCUT2D eigenvalue weighted by Gasteiger charge is 2.70. The van der Waals surface area contributed by atoms with Crippen LogP contribution in [0.4, 0.5) is 0 Å². The van der Waals surface area contributed by atoms with Gasteiger partial charge in [0.05, 0.1) is 24.7 Å². The van der Waals surface area contributed by atoms with E-state index in [1.54, 1.807) is 6.92 Å². The van der Waals surface area contributed by atoms with Crippen LogP contribution in [0.3, 0.4) is 0 Å². The van der Waals surface area contributed by atoms with E-state index in [9.17, 15) is 9.59 Å². The van der Waals surface area contributed by atoms with Crippen LogP contribution in [0.1, 0.15) is 18.9 Å². The zero-order chi connectivity index (χ0) is 18.3. The first-order valence-electron chi connectivity index (χ1n) is 9.11. The Labute approximate surface area is 153 Å². The molecule has 4 rings (SSSR count). The number of carbonyl (C=O) groups excluding carboxylic acids is 2. The van der Waals surface area contributed by atoms with E-state index < -0.39 is 17.4 Å². The van der Waals surface area contributed by atoms with Crippen LogP contribution < -0.4 is 0 Å². The number of rotatable bonds is 6. The number of esters is 1. The van der Waals surface area contributed by atoms with Crippen molar-refractivity contribution in [3.8, 4) is 0 Å². The molecule has 5 unspecified atom stereocenters. The van der Waals surface area contributed by atoms with Crippen molar-refractivity contribution >= 4 is 11.9 Å². The summed E-state index contributed by atoms with van der Waals surface area (Å²) >= 11 is 0. The van der Waals surface area contributed by atoms with Crippen LogP contribution in [0.5, 0.6) is 0 Å². The lowest BCUT2D eigenvalue weighted by Crippen LogP contribution is -2.44. The van der Waals surface area contributed by atoms with Crippen LogP contribution in [0.25, 0.3) is 0 Å². The fourth-order valence-corrected chi connectivity index (χ4v) is 4.67. The van der Waals surface area contributed by atoms with E-state index in [0.717, 1.165) is 5.56 Å². The van der Waals surface area contributed by atoms with Crippen LogP contribution in [0.2, 0.25) is 0 Å². The van der Waals surface area contributed by atoms with E-state index in [1.807, 2.05) is 53.5 Å². The molecule has 1 aromatic carbocycles. The van der Waals surface area contributed by atoms with Gasteiger partial charge in [0.15, 0.2) is 0 Å². The van der Waals surface area contributed by atoms with Gasteiger partial charge in [0.25, 0.3) is 0 Å². The lowest BCUT2D eigenvalue weighted by Gasteiger charge is -2.32. The van der Waals surface area contributed by atoms with Crippen molar-refractivity contribution in [1.82, 2.24) is 4.90 Å². The smallest absolute Gasteiger partial charge is 0.312 e. The monoisotopic (exact) mass is 353 g/mol. The van der Waals surface area contributed by atoms with Gasteiger partial charge in [-0.3, -0.25) is 9.59 Å². The highest BCUT2D eigenvalue weighted by atomic mass is 16.6. The van der Waals surface area contributed by atoms with E-state index >= 15 is 0 Å². The molecule has 2 fully saturated rings. The summed E-state index contributed by atoms with van der Waals surface area (Å²) in [6.07, 6.45) is 5.94. The predicted octanol–water partition coefficient (Wildman–Crippen LogP) is 2.48. The van der Waals surface area contributed by atoms with E-state index in [4.69, 9.17) is 9.47 Å². The molecule has 136 valence electrons. The third kappa shape index (κ3) is 2.34. The maximum absolute atomic E-state index is 13.4. The first kappa shape index (κ1) is 17.0. The maximum Gasteiger partial charge on any atom is 0.312 e. The summed E-state index contributed by atoms with van der Waals surface area (Å²) in [7, 11) is 0. The predicted molar refractivity (Wildman–Crippen MR) is 96.0 cm³/mol. The molecule has 0 aromatic heterocycles. The molecule has 2 saturated heterocycles. The molecule has 3 aliphatic heterocycles. The number of benzene rings is 1. The minimum absolute atomic E-state index is 0.0365. The van der Waals surface area contributed by atoms with Gasteiger partial charge in [0.1, 0.15) is 11.5 Å². The van der Waals surface area contributed by atoms with Gasteiger partial charge >= 0.3 is 5.97 Å². The summed E-state index contributed by atoms with van der Waals surface area (Å²) in [5.41, 5.74) is 0.291. The Morgan fingerprint density at radius 1 is 1.38 bits per heavy atom. The number of hydrogen-bond acceptors (Lipinski definition) is 4. The summed E-state index contributed by atoms with van der Waals surface area (Å²) in [6, 6.07) is 9.70. The largest absolute Gasteiger partial charge is 0.466 e. The second-order valence-electron chi connectivity index (χ2n) is 7.04. The zero-order valence-corrected chi connectivity index (χ0v) is 14.8. The normalized spacial score (nSPS) is 34.2. The minimum atomic E-state index is -0.762. The van der Waals surface area contributed by atoms with Crippen molar-refractivity contribution in [2.45, 2.75) is 37.6 Å². The van der Waals surface area contributed by atoms with Crippen LogP contribution in [0, 0.1) is 11.8 Å². The summed E-state index contributed by atoms with van der Waals surface area (Å²) in [4.78, 5) is 27.7. The number of hydrogen-bond donors (Lipinski definition) is 0. The third-order valence-electron chi connectivity index (χ3n) is 5.68. The molecule has 5 nitrogen and oxygen atoms in total. The van der Waals surface area contributed by atoms with Crippen molar-refractivity contribution in [3.63, 3.8) is 0 Å². The van der Waals surface area contributed by atoms with Crippen LogP contribution >= 0.6 is 0 Å². The number of amides is 1. The van der Waals surface area contributed by atoms with E-state index in [0.29, 0.717) is 19.6 Å². The van der Waals surface area contributed by atoms with Gasteiger partial charge < -0.3 is 14.4 Å². The van der Waals surface area contributed by atoms with Crippen LogP contribution in [-0.4, -0.2) is 41.1 Å². The average molecular weight is 353 g/mol. The van der Waals surface area contributed by atoms with E-state index in [2.05, 4.69) is 6.58 Å². The Morgan fingerprint density at radius 3 is 2.85 bits per heavy atom. The Kier molecular flexibility index (Phi) is 4.19. The topological polar surface area (TPSA) is 55.8 Å². The first-order chi connectivity index (χ1) is 12.6. The third-order valence-corrected chi connectivity index (χ3v) is 5.68. The molecule has 1 amide bonds. The Morgan fingerprint density at radius 2 is 2.15 bits per heavy atom. The van der Waals surface area contributed by atoms with Crippen LogP contribution in [0.15, 0.2) is 55.1 Å². The molecule has 1 aromatic rings. The SMILES string of the molecule is C=CCC1N(Cc2ccccc2)C(=O)C2C(C(=O)OCC)C3C=CC21O3. The van der Waals surface area contributed by atoms with Gasteiger partial charge in [-0.25, -0.2) is 0 Å². The fourth-order valence-electron chi connectivity index (χ4n) is 4.67. The Hall–Kier alpha value is -2.40. The molecule has 0 N–H and O–H groups in total. The van der Waals surface area contributed by atoms with Crippen molar-refractivity contribution < 1.29 is 19.1 Å². The number of ether oxygens (including phenoxy) is 2. The van der Waals surface area contributed by atoms with E-state index in [-0.39, 0.29) is 24.0 Å². The molecule has 0 saturated carbocycles. The Balaban J connectivity index is 1.70. The maximum atomic E-state index is 13.4. The first-order valence-corrected chi connectivity index (χ1v) is 9.11. The second kappa shape index (κ2) is 6.40. The van der Waals surface area contributed by atoms with Crippen LogP contribution in [-0.2, 0) is 25.6 Å². The van der Waals surface area contributed by atoms with Gasteiger partial charge in [-0.2, -0.15) is 0 Å². The Bertz CT molecular complexity index is 759. The zero-order valence-electron chi connectivity index (χ0n) is 14.8. The highest BCUT2D eigenvalue weighted by Crippen LogP contribution is 2.56. The molecule has 5 heteroatoms. The van der Waals surface area contributed by atoms with Gasteiger partial charge in [0.2, 0.25) is 5.91 Å². The highest BCUT2D eigenvalue weighted by molar-refractivity contribution is 5.92. The van der Waals surface area contributed by atoms with Crippen molar-refractivity contribution in [2.75, 3.05) is 6.61 Å². The number of fused-ring (bicyclic) bond motifs is 1. The second-order valence-corrected chi connectivity index (χ2v) is 7.04. The molecular weight excluding hydrogens is 330 g/mol. The van der Waals surface area contributed by atoms with Gasteiger partial charge in [-0.1, -0.05) is 48.6 Å². The van der Waals surface area contributed by atoms with Crippen molar-refractivity contribution in [3.05, 3.63) is 60.7 Å². The van der Waals surface area contributed by atoms with Gasteiger partial charge in [0, 0.05) is 6.54 Å². The summed E-state index contributed by atoms with van der Waals surface area (Å²) in [6.45, 7) is 6.42. The molecular formula is C21H23NO4.